The Hall–Kier alpha value is -2.57. The topological polar surface area (TPSA) is 88.2 Å². The van der Waals surface area contributed by atoms with Gasteiger partial charge < -0.3 is 9.73 Å². The maximum atomic E-state index is 11.4. The maximum Gasteiger partial charge on any atom is 0.364 e. The second-order valence-electron chi connectivity index (χ2n) is 3.90. The van der Waals surface area contributed by atoms with Crippen LogP contribution in [-0.2, 0) is 0 Å². The summed E-state index contributed by atoms with van der Waals surface area (Å²) in [5.41, 5.74) is 0.121. The van der Waals surface area contributed by atoms with Crippen molar-refractivity contribution >= 4 is 11.5 Å². The molecule has 18 heavy (non-hydrogen) atoms. The van der Waals surface area contributed by atoms with Gasteiger partial charge in [-0.15, -0.1) is 5.10 Å². The van der Waals surface area contributed by atoms with Crippen molar-refractivity contribution in [1.82, 2.24) is 19.8 Å². The molecule has 0 aromatic carbocycles. The van der Waals surface area contributed by atoms with Crippen LogP contribution in [0.5, 0.6) is 0 Å². The van der Waals surface area contributed by atoms with Gasteiger partial charge in [-0.1, -0.05) is 0 Å². The number of nitrogens with zero attached hydrogens (tertiary/aromatic N) is 3. The highest BCUT2D eigenvalue weighted by molar-refractivity contribution is 5.43. The minimum absolute atomic E-state index is 0.0347. The Balaban J connectivity index is 1.90. The van der Waals surface area contributed by atoms with Crippen LogP contribution in [0.4, 0.5) is 5.82 Å². The fourth-order valence-electron chi connectivity index (χ4n) is 1.71. The Morgan fingerprint density at radius 3 is 3.11 bits per heavy atom. The third-order valence-electron chi connectivity index (χ3n) is 2.61. The number of aromatic amines is 1. The third kappa shape index (κ3) is 1.75. The molecular formula is C11H11N5O2. The van der Waals surface area contributed by atoms with Crippen molar-refractivity contribution in [2.75, 3.05) is 5.32 Å². The van der Waals surface area contributed by atoms with Gasteiger partial charge in [0, 0.05) is 0 Å². The molecule has 0 saturated heterocycles. The van der Waals surface area contributed by atoms with Crippen molar-refractivity contribution in [1.29, 1.82) is 0 Å². The molecule has 0 fully saturated rings. The van der Waals surface area contributed by atoms with E-state index in [1.807, 2.05) is 19.1 Å². The van der Waals surface area contributed by atoms with E-state index in [1.54, 1.807) is 18.4 Å². The number of hydrogen-bond acceptors (Lipinski definition) is 5. The van der Waals surface area contributed by atoms with Crippen LogP contribution in [-0.4, -0.2) is 19.8 Å². The molecule has 0 bridgehead atoms. The predicted octanol–water partition coefficient (Wildman–Crippen LogP) is 1.18. The first kappa shape index (κ1) is 10.6. The molecule has 0 amide bonds. The first-order valence-corrected chi connectivity index (χ1v) is 5.48. The van der Waals surface area contributed by atoms with Crippen LogP contribution in [0.25, 0.3) is 5.65 Å². The molecule has 0 aliphatic heterocycles. The molecular weight excluding hydrogens is 234 g/mol. The van der Waals surface area contributed by atoms with Crippen LogP contribution in [0.15, 0.2) is 39.7 Å². The molecule has 0 saturated carbocycles. The van der Waals surface area contributed by atoms with E-state index in [0.29, 0.717) is 11.5 Å². The van der Waals surface area contributed by atoms with Crippen LogP contribution in [0.1, 0.15) is 18.7 Å². The van der Waals surface area contributed by atoms with Crippen molar-refractivity contribution in [2.45, 2.75) is 13.0 Å². The van der Waals surface area contributed by atoms with Crippen molar-refractivity contribution in [3.63, 3.8) is 0 Å². The largest absolute Gasteiger partial charge is 0.467 e. The molecule has 3 aromatic heterocycles. The lowest BCUT2D eigenvalue weighted by Gasteiger charge is -2.11. The molecule has 3 heterocycles. The number of aromatic nitrogens is 4. The maximum absolute atomic E-state index is 11.4. The Morgan fingerprint density at radius 1 is 1.44 bits per heavy atom. The predicted molar refractivity (Wildman–Crippen MR) is 64.4 cm³/mol. The molecule has 1 unspecified atom stereocenters. The summed E-state index contributed by atoms with van der Waals surface area (Å²) in [6, 6.07) is 7.13. The third-order valence-corrected chi connectivity index (χ3v) is 2.61. The number of furan rings is 1. The minimum atomic E-state index is -0.362. The highest BCUT2D eigenvalue weighted by Gasteiger charge is 2.09. The van der Waals surface area contributed by atoms with Crippen LogP contribution in [0.3, 0.4) is 0 Å². The van der Waals surface area contributed by atoms with Crippen LogP contribution >= 0.6 is 0 Å². The summed E-state index contributed by atoms with van der Waals surface area (Å²) in [5.74, 6) is 1.38. The fraction of sp³-hybridized carbons (Fsp3) is 0.182. The van der Waals surface area contributed by atoms with E-state index >= 15 is 0 Å². The van der Waals surface area contributed by atoms with E-state index in [9.17, 15) is 4.79 Å². The first-order valence-electron chi connectivity index (χ1n) is 5.48. The van der Waals surface area contributed by atoms with Gasteiger partial charge in [-0.2, -0.15) is 9.61 Å². The Labute approximate surface area is 101 Å². The van der Waals surface area contributed by atoms with Gasteiger partial charge in [0.15, 0.2) is 5.65 Å². The molecule has 3 aromatic rings. The van der Waals surface area contributed by atoms with Gasteiger partial charge in [-0.05, 0) is 31.2 Å². The molecule has 0 aliphatic carbocycles. The average Bonchev–Trinajstić information content (AvgIpc) is 3.00. The van der Waals surface area contributed by atoms with Crippen molar-refractivity contribution < 1.29 is 4.42 Å². The van der Waals surface area contributed by atoms with Crippen LogP contribution in [0, 0.1) is 0 Å². The summed E-state index contributed by atoms with van der Waals surface area (Å²) >= 11 is 0. The van der Waals surface area contributed by atoms with Gasteiger partial charge in [0.2, 0.25) is 0 Å². The van der Waals surface area contributed by atoms with E-state index in [-0.39, 0.29) is 11.7 Å². The van der Waals surface area contributed by atoms with E-state index in [2.05, 4.69) is 20.6 Å². The molecule has 1 atom stereocenters. The van der Waals surface area contributed by atoms with Crippen LogP contribution < -0.4 is 11.0 Å². The summed E-state index contributed by atoms with van der Waals surface area (Å²) < 4.78 is 6.49. The van der Waals surface area contributed by atoms with E-state index in [0.717, 1.165) is 5.76 Å². The highest BCUT2D eigenvalue weighted by atomic mass is 16.3. The Morgan fingerprint density at radius 2 is 2.33 bits per heavy atom. The SMILES string of the molecule is CC(Nc1ccc2n[nH]c(=O)n2n1)c1ccco1. The monoisotopic (exact) mass is 245 g/mol. The van der Waals surface area contributed by atoms with Crippen molar-refractivity contribution in [3.8, 4) is 0 Å². The highest BCUT2D eigenvalue weighted by Crippen LogP contribution is 2.17. The van der Waals surface area contributed by atoms with Gasteiger partial charge in [0.05, 0.1) is 12.3 Å². The number of hydrogen-bond donors (Lipinski definition) is 2. The molecule has 3 rings (SSSR count). The van der Waals surface area contributed by atoms with Gasteiger partial charge >= 0.3 is 5.69 Å². The Kier molecular flexibility index (Phi) is 2.36. The fourth-order valence-corrected chi connectivity index (χ4v) is 1.71. The average molecular weight is 245 g/mol. The summed E-state index contributed by atoms with van der Waals surface area (Å²) in [7, 11) is 0. The normalized spacial score (nSPS) is 12.7. The summed E-state index contributed by atoms with van der Waals surface area (Å²) in [6.45, 7) is 1.95. The lowest BCUT2D eigenvalue weighted by Crippen LogP contribution is -2.15. The van der Waals surface area contributed by atoms with Gasteiger partial charge in [-0.25, -0.2) is 9.89 Å². The number of nitrogens with one attached hydrogen (secondary N) is 2. The first-order chi connectivity index (χ1) is 8.74. The second kappa shape index (κ2) is 4.02. The smallest absolute Gasteiger partial charge is 0.364 e. The molecule has 0 aliphatic rings. The molecule has 2 N–H and O–H groups in total. The summed E-state index contributed by atoms with van der Waals surface area (Å²) in [6.07, 6.45) is 1.62. The van der Waals surface area contributed by atoms with Crippen molar-refractivity contribution in [2.24, 2.45) is 0 Å². The standard InChI is InChI=1S/C11H11N5O2/c1-7(8-3-2-6-18-8)12-9-4-5-10-13-14-11(17)16(10)15-9/h2-7H,1H3,(H,12,15)(H,14,17). The molecule has 7 heteroatoms. The molecule has 0 radical (unpaired) electrons. The van der Waals surface area contributed by atoms with E-state index < -0.39 is 0 Å². The Bertz CT molecular complexity index is 712. The summed E-state index contributed by atoms with van der Waals surface area (Å²) in [4.78, 5) is 11.4. The lowest BCUT2D eigenvalue weighted by atomic mass is 10.2. The second-order valence-corrected chi connectivity index (χ2v) is 3.90. The molecule has 92 valence electrons. The summed E-state index contributed by atoms with van der Waals surface area (Å²) in [5, 5.41) is 13.4. The van der Waals surface area contributed by atoms with Crippen LogP contribution in [0.2, 0.25) is 0 Å². The lowest BCUT2D eigenvalue weighted by molar-refractivity contribution is 0.490. The molecule has 7 nitrogen and oxygen atoms in total. The quantitative estimate of drug-likeness (QED) is 0.723. The molecule has 0 spiro atoms. The van der Waals surface area contributed by atoms with Gasteiger partial charge in [0.25, 0.3) is 0 Å². The number of H-pyrrole nitrogens is 1. The van der Waals surface area contributed by atoms with Gasteiger partial charge in [0.1, 0.15) is 11.6 Å². The zero-order chi connectivity index (χ0) is 12.5. The van der Waals surface area contributed by atoms with Crippen molar-refractivity contribution in [3.05, 3.63) is 46.8 Å². The van der Waals surface area contributed by atoms with Gasteiger partial charge in [-0.3, -0.25) is 0 Å². The number of fused-ring (bicyclic) bond motifs is 1. The number of anilines is 1. The minimum Gasteiger partial charge on any atom is -0.467 e. The zero-order valence-electron chi connectivity index (χ0n) is 9.62. The van der Waals surface area contributed by atoms with E-state index in [1.165, 1.54) is 4.52 Å². The number of rotatable bonds is 3. The zero-order valence-corrected chi connectivity index (χ0v) is 9.62. The van der Waals surface area contributed by atoms with E-state index in [4.69, 9.17) is 4.42 Å².